The number of hydrogen-bond acceptors (Lipinski definition) is 12. The highest BCUT2D eigenvalue weighted by atomic mass is 16.6. The Kier molecular flexibility index (Phi) is 22.1. The third-order valence-electron chi connectivity index (χ3n) is 20.1. The average Bonchev–Trinajstić information content (AvgIpc) is 0.729. The number of phenols is 1. The highest BCUT2D eigenvalue weighted by Crippen LogP contribution is 2.60. The normalized spacial score (nSPS) is 23.6. The number of benzene rings is 4. The van der Waals surface area contributed by atoms with Crippen molar-refractivity contribution in [3.63, 3.8) is 0 Å². The summed E-state index contributed by atoms with van der Waals surface area (Å²) in [5.41, 5.74) is 6.22. The number of anilines is 2. The summed E-state index contributed by atoms with van der Waals surface area (Å²) in [6, 6.07) is 25.0. The van der Waals surface area contributed by atoms with Gasteiger partial charge in [0.15, 0.2) is 0 Å². The molecule has 1 unspecified atom stereocenters. The van der Waals surface area contributed by atoms with Crippen molar-refractivity contribution in [2.24, 2.45) is 28.6 Å². The second-order valence-corrected chi connectivity index (χ2v) is 26.5. The summed E-state index contributed by atoms with van der Waals surface area (Å²) in [6.07, 6.45) is 8.08. The second kappa shape index (κ2) is 29.7. The smallest absolute Gasteiger partial charge is 0.246 e. The quantitative estimate of drug-likeness (QED) is 0.0197. The van der Waals surface area contributed by atoms with Crippen LogP contribution < -0.4 is 31.5 Å². The molecule has 4 aromatic carbocycles. The first kappa shape index (κ1) is 67.0. The number of aromatic hydroxyl groups is 1. The zero-order chi connectivity index (χ0) is 64.2. The van der Waals surface area contributed by atoms with E-state index in [1.54, 1.807) is 17.9 Å². The lowest BCUT2D eigenvalue weighted by Crippen LogP contribution is -2.60. The van der Waals surface area contributed by atoms with Crippen LogP contribution in [0.2, 0.25) is 0 Å². The summed E-state index contributed by atoms with van der Waals surface area (Å²) >= 11 is 0. The lowest BCUT2D eigenvalue weighted by molar-refractivity contribution is -0.150. The van der Waals surface area contributed by atoms with E-state index >= 15 is 0 Å². The molecule has 2 fully saturated rings. The zero-order valence-corrected chi connectivity index (χ0v) is 53.6. The topological polar surface area (TPSA) is 240 Å². The lowest BCUT2D eigenvalue weighted by atomic mass is 9.49. The molecule has 0 bridgehead atoms. The van der Waals surface area contributed by atoms with Crippen LogP contribution in [0.4, 0.5) is 11.4 Å². The maximum absolute atomic E-state index is 14.8. The van der Waals surface area contributed by atoms with Crippen LogP contribution in [0.5, 0.6) is 5.75 Å². The predicted octanol–water partition coefficient (Wildman–Crippen LogP) is 8.64. The van der Waals surface area contributed by atoms with Crippen molar-refractivity contribution in [2.45, 2.75) is 161 Å². The number of rotatable bonds is 26. The van der Waals surface area contributed by atoms with E-state index in [0.29, 0.717) is 58.0 Å². The fraction of sp³-hybridized carbons (Fsp3) is 0.542. The number of nitrogens with one attached hydrogen (secondary N) is 5. The van der Waals surface area contributed by atoms with Gasteiger partial charge in [-0.25, -0.2) is 0 Å². The van der Waals surface area contributed by atoms with Gasteiger partial charge in [-0.05, 0) is 157 Å². The highest BCUT2D eigenvalue weighted by Gasteiger charge is 2.58. The van der Waals surface area contributed by atoms with E-state index in [1.165, 1.54) is 11.1 Å². The van der Waals surface area contributed by atoms with Crippen molar-refractivity contribution in [3.05, 3.63) is 124 Å². The van der Waals surface area contributed by atoms with E-state index in [1.807, 2.05) is 107 Å². The number of aryl methyl sites for hydroxylation is 2. The molecule has 4 aromatic rings. The van der Waals surface area contributed by atoms with Gasteiger partial charge in [0.1, 0.15) is 17.8 Å². The minimum atomic E-state index is -0.935. The van der Waals surface area contributed by atoms with Crippen molar-refractivity contribution in [2.75, 3.05) is 69.6 Å². The van der Waals surface area contributed by atoms with Crippen molar-refractivity contribution in [1.29, 1.82) is 0 Å². The SMILES string of the molecule is CC(C)C(NC(=O)CCOCCOCCOCCOCCNC(=O)CCC(=O)N1Cc2ccccc2C#Cc2ccccc21)C(=O)N[C@@H](C)C(=O)Nc1ccc2c(c1)[C@@]1(C)CCC[C@](C)(C(=O)NC(=O)[C@@]3(C)CCC[C@]4(C)c5cc(O)ccc5CC[C@@H]34)[C@@H]1CC2. The van der Waals surface area contributed by atoms with Crippen LogP contribution in [0.1, 0.15) is 158 Å². The van der Waals surface area contributed by atoms with Gasteiger partial charge in [-0.15, -0.1) is 0 Å². The predicted molar refractivity (Wildman–Crippen MR) is 343 cm³/mol. The van der Waals surface area contributed by atoms with Crippen molar-refractivity contribution < 1.29 is 57.6 Å². The van der Waals surface area contributed by atoms with Gasteiger partial charge >= 0.3 is 0 Å². The molecule has 7 amide bonds. The molecule has 9 rings (SSSR count). The standard InChI is InChI=1S/C72H92N6O12/c1-47(2)64(76-62(81)30-36-87-38-40-89-42-43-90-41-39-88-37-35-73-61(80)28-29-63(82)78-46-53-16-9-8-14-49(53)18-19-52-15-10-11-17-58(52)78)66(84)74-48(3)65(83)75-54-24-20-50-22-26-59-69(4,56(50)44-54)31-12-33-71(59,6)67(85)77-68(86)72(7)34-13-32-70(5)57-45-55(79)25-21-51(57)23-27-60(70)72/h8-11,14-17,20-21,24-25,44-45,47-48,59-60,64,79H,12-13,22-23,26-43,46H2,1-7H3,(H,73,80)(H,74,84)(H,75,83)(H,76,81)(H,77,85,86)/t48-,59+,60+,64?,69+,70+,71-,72-/m0/s1. The van der Waals surface area contributed by atoms with E-state index in [9.17, 15) is 38.7 Å². The summed E-state index contributed by atoms with van der Waals surface area (Å²) in [6.45, 7) is 16.7. The molecule has 4 aliphatic carbocycles. The summed E-state index contributed by atoms with van der Waals surface area (Å²) < 4.78 is 22.4. The van der Waals surface area contributed by atoms with Crippen LogP contribution in [0.25, 0.3) is 0 Å². The molecule has 5 aliphatic rings. The first-order valence-electron chi connectivity index (χ1n) is 32.4. The Morgan fingerprint density at radius 2 is 1.14 bits per heavy atom. The van der Waals surface area contributed by atoms with E-state index in [-0.39, 0.29) is 104 Å². The molecule has 1 heterocycles. The number of fused-ring (bicyclic) bond motifs is 8. The van der Waals surface area contributed by atoms with Crippen molar-refractivity contribution in [1.82, 2.24) is 21.3 Å². The summed E-state index contributed by atoms with van der Waals surface area (Å²) in [4.78, 5) is 97.5. The number of amides is 7. The Morgan fingerprint density at radius 3 is 1.78 bits per heavy atom. The van der Waals surface area contributed by atoms with E-state index in [0.717, 1.165) is 84.9 Å². The molecule has 2 saturated carbocycles. The largest absolute Gasteiger partial charge is 0.508 e. The van der Waals surface area contributed by atoms with E-state index in [2.05, 4.69) is 52.3 Å². The Hall–Kier alpha value is -7.43. The van der Waals surface area contributed by atoms with Crippen LogP contribution in [-0.2, 0) is 82.7 Å². The summed E-state index contributed by atoms with van der Waals surface area (Å²) in [7, 11) is 0. The van der Waals surface area contributed by atoms with Crippen molar-refractivity contribution >= 4 is 52.7 Å². The minimum absolute atomic E-state index is 0.0158. The zero-order valence-electron chi connectivity index (χ0n) is 53.6. The van der Waals surface area contributed by atoms with Crippen molar-refractivity contribution in [3.8, 4) is 17.6 Å². The molecule has 6 N–H and O–H groups in total. The number of nitrogens with zero attached hydrogens (tertiary/aromatic N) is 1. The third kappa shape index (κ3) is 15.3. The molecule has 18 heteroatoms. The number of phenolic OH excluding ortho intramolecular Hbond substituents is 1. The minimum Gasteiger partial charge on any atom is -0.508 e. The number of imide groups is 1. The molecule has 0 aromatic heterocycles. The van der Waals surface area contributed by atoms with Gasteiger partial charge in [-0.3, -0.25) is 38.9 Å². The Bertz CT molecular complexity index is 3360. The van der Waals surface area contributed by atoms with Gasteiger partial charge in [-0.1, -0.05) is 109 Å². The average molecular weight is 1230 g/mol. The van der Waals surface area contributed by atoms with Crippen LogP contribution in [-0.4, -0.2) is 118 Å². The number of carbonyl (C=O) groups is 7. The molecular formula is C72H92N6O12. The fourth-order valence-electron chi connectivity index (χ4n) is 15.2. The fourth-order valence-corrected chi connectivity index (χ4v) is 15.2. The lowest BCUT2D eigenvalue weighted by Gasteiger charge is -2.56. The van der Waals surface area contributed by atoms with Gasteiger partial charge < -0.3 is 50.2 Å². The van der Waals surface area contributed by atoms with Gasteiger partial charge in [0.25, 0.3) is 0 Å². The molecule has 1 aliphatic heterocycles. The Labute approximate surface area is 530 Å². The number of carbonyl (C=O) groups excluding carboxylic acids is 7. The first-order chi connectivity index (χ1) is 43.1. The molecule has 0 spiro atoms. The molecule has 482 valence electrons. The van der Waals surface area contributed by atoms with Crippen LogP contribution in [0, 0.1) is 40.4 Å². The first-order valence-corrected chi connectivity index (χ1v) is 32.4. The molecule has 90 heavy (non-hydrogen) atoms. The van der Waals surface area contributed by atoms with Crippen LogP contribution in [0.15, 0.2) is 84.9 Å². The van der Waals surface area contributed by atoms with Crippen LogP contribution in [0.3, 0.4) is 0 Å². The second-order valence-electron chi connectivity index (χ2n) is 26.5. The summed E-state index contributed by atoms with van der Waals surface area (Å²) in [5, 5.41) is 24.9. The van der Waals surface area contributed by atoms with Crippen LogP contribution >= 0.6 is 0 Å². The van der Waals surface area contributed by atoms with E-state index < -0.39 is 40.1 Å². The molecule has 8 atom stereocenters. The molecule has 18 nitrogen and oxygen atoms in total. The Morgan fingerprint density at radius 1 is 0.589 bits per heavy atom. The molecule has 0 radical (unpaired) electrons. The molecule has 0 saturated heterocycles. The number of hydrogen-bond donors (Lipinski definition) is 6. The number of ether oxygens (including phenoxy) is 4. The maximum Gasteiger partial charge on any atom is 0.246 e. The molecular weight excluding hydrogens is 1140 g/mol. The Balaban J connectivity index is 0.631. The maximum atomic E-state index is 14.8. The van der Waals surface area contributed by atoms with Gasteiger partial charge in [-0.2, -0.15) is 0 Å². The van der Waals surface area contributed by atoms with Gasteiger partial charge in [0, 0.05) is 42.6 Å². The summed E-state index contributed by atoms with van der Waals surface area (Å²) in [5.74, 6) is 4.22. The number of para-hydroxylation sites is 1. The van der Waals surface area contributed by atoms with E-state index in [4.69, 9.17) is 18.9 Å². The monoisotopic (exact) mass is 1230 g/mol. The third-order valence-corrected chi connectivity index (χ3v) is 20.1. The van der Waals surface area contributed by atoms with Gasteiger partial charge in [0.05, 0.1) is 75.9 Å². The highest BCUT2D eigenvalue weighted by molar-refractivity contribution is 6.01. The van der Waals surface area contributed by atoms with Gasteiger partial charge in [0.2, 0.25) is 41.4 Å².